The van der Waals surface area contributed by atoms with Gasteiger partial charge in [0, 0.05) is 60.6 Å². The highest BCUT2D eigenvalue weighted by atomic mass is 16.6. The Kier molecular flexibility index (Phi) is 5.71. The lowest BCUT2D eigenvalue weighted by Crippen LogP contribution is -2.58. The van der Waals surface area contributed by atoms with Crippen molar-refractivity contribution in [1.82, 2.24) is 19.9 Å². The molecule has 3 N–H and O–H groups in total. The highest BCUT2D eigenvalue weighted by molar-refractivity contribution is 5.96. The first-order chi connectivity index (χ1) is 18.4. The summed E-state index contributed by atoms with van der Waals surface area (Å²) in [6, 6.07) is 11.6. The molecule has 0 saturated heterocycles. The lowest BCUT2D eigenvalue weighted by atomic mass is 9.49. The van der Waals surface area contributed by atoms with E-state index in [-0.39, 0.29) is 16.9 Å². The van der Waals surface area contributed by atoms with Crippen LogP contribution in [0.2, 0.25) is 0 Å². The standard InChI is InChI=1S/C28H31N7O3/c1-30-10-11-33(2)25-23(35(36)37)12-20(29)26(38-3)24(25)27-31-9-8-21(32-27)19-16-34(28-13-17(14-28)15-28)22-7-5-4-6-18(19)22/h4-9,12,16-17,30H,10-11,13-15,29H2,1-3H3. The number of nitrogen functional groups attached to an aromatic ring is 1. The van der Waals surface area contributed by atoms with E-state index in [0.29, 0.717) is 35.9 Å². The molecule has 3 fully saturated rings. The molecule has 3 saturated carbocycles. The van der Waals surface area contributed by atoms with Gasteiger partial charge in [0.25, 0.3) is 5.69 Å². The third-order valence-corrected chi connectivity index (χ3v) is 8.12. The summed E-state index contributed by atoms with van der Waals surface area (Å²) in [7, 11) is 5.14. The number of hydrogen-bond acceptors (Lipinski definition) is 8. The molecule has 10 heteroatoms. The lowest BCUT2D eigenvalue weighted by molar-refractivity contribution is -0.384. The molecule has 0 unspecified atom stereocenters. The topological polar surface area (TPSA) is 124 Å². The van der Waals surface area contributed by atoms with Gasteiger partial charge in [-0.1, -0.05) is 18.2 Å². The van der Waals surface area contributed by atoms with Gasteiger partial charge in [-0.3, -0.25) is 10.1 Å². The summed E-state index contributed by atoms with van der Waals surface area (Å²) in [5.74, 6) is 1.49. The van der Waals surface area contributed by atoms with E-state index in [9.17, 15) is 10.1 Å². The van der Waals surface area contributed by atoms with Crippen LogP contribution in [0.3, 0.4) is 0 Å². The van der Waals surface area contributed by atoms with Gasteiger partial charge >= 0.3 is 0 Å². The van der Waals surface area contributed by atoms with Gasteiger partial charge in [-0.15, -0.1) is 0 Å². The van der Waals surface area contributed by atoms with Gasteiger partial charge in [-0.25, -0.2) is 9.97 Å². The van der Waals surface area contributed by atoms with Crippen LogP contribution in [0.25, 0.3) is 33.5 Å². The summed E-state index contributed by atoms with van der Waals surface area (Å²) in [4.78, 5) is 23.0. The van der Waals surface area contributed by atoms with E-state index in [0.717, 1.165) is 22.6 Å². The molecule has 0 aliphatic heterocycles. The van der Waals surface area contributed by atoms with E-state index in [2.05, 4.69) is 39.3 Å². The van der Waals surface area contributed by atoms with Crippen molar-refractivity contribution in [2.45, 2.75) is 24.8 Å². The van der Waals surface area contributed by atoms with Crippen molar-refractivity contribution >= 4 is 28.0 Å². The zero-order valence-electron chi connectivity index (χ0n) is 21.8. The number of nitro benzene ring substituents is 1. The summed E-state index contributed by atoms with van der Waals surface area (Å²) >= 11 is 0. The summed E-state index contributed by atoms with van der Waals surface area (Å²) < 4.78 is 8.11. The molecule has 10 nitrogen and oxygen atoms in total. The summed E-state index contributed by atoms with van der Waals surface area (Å²) in [5.41, 5.74) is 10.2. The predicted octanol–water partition coefficient (Wildman–Crippen LogP) is 4.43. The first kappa shape index (κ1) is 24.2. The highest BCUT2D eigenvalue weighted by Crippen LogP contribution is 2.63. The van der Waals surface area contributed by atoms with Gasteiger partial charge in [0.2, 0.25) is 0 Å². The van der Waals surface area contributed by atoms with Crippen molar-refractivity contribution < 1.29 is 9.66 Å². The monoisotopic (exact) mass is 513 g/mol. The molecule has 3 aliphatic rings. The Hall–Kier alpha value is -4.18. The minimum atomic E-state index is -0.425. The Morgan fingerprint density at radius 3 is 2.71 bits per heavy atom. The number of nitrogens with one attached hydrogen (secondary N) is 1. The molecule has 0 spiro atoms. The summed E-state index contributed by atoms with van der Waals surface area (Å²) in [5, 5.41) is 16.3. The maximum absolute atomic E-state index is 12.1. The zero-order valence-corrected chi connectivity index (χ0v) is 21.8. The van der Waals surface area contributed by atoms with Gasteiger partial charge in [-0.05, 0) is 44.4 Å². The highest BCUT2D eigenvalue weighted by Gasteiger charge is 2.58. The van der Waals surface area contributed by atoms with E-state index in [4.69, 9.17) is 15.5 Å². The van der Waals surface area contributed by atoms with Crippen LogP contribution in [0.5, 0.6) is 5.75 Å². The Balaban J connectivity index is 1.54. The van der Waals surface area contributed by atoms with Crippen molar-refractivity contribution in [3.8, 4) is 28.4 Å². The number of fused-ring (bicyclic) bond motifs is 1. The summed E-state index contributed by atoms with van der Waals surface area (Å²) in [6.45, 7) is 1.15. The molecule has 2 aromatic heterocycles. The lowest BCUT2D eigenvalue weighted by Gasteiger charge is -2.62. The van der Waals surface area contributed by atoms with Crippen LogP contribution in [0.15, 0.2) is 48.8 Å². The molecule has 0 radical (unpaired) electrons. The first-order valence-corrected chi connectivity index (χ1v) is 12.8. The van der Waals surface area contributed by atoms with E-state index < -0.39 is 4.92 Å². The normalized spacial score (nSPS) is 19.6. The van der Waals surface area contributed by atoms with Crippen molar-refractivity contribution in [3.63, 3.8) is 0 Å². The zero-order chi connectivity index (χ0) is 26.6. The van der Waals surface area contributed by atoms with E-state index in [1.165, 1.54) is 38.0 Å². The maximum Gasteiger partial charge on any atom is 0.295 e. The van der Waals surface area contributed by atoms with Gasteiger partial charge < -0.3 is 25.3 Å². The average molecular weight is 514 g/mol. The van der Waals surface area contributed by atoms with E-state index in [1.54, 1.807) is 13.2 Å². The minimum absolute atomic E-state index is 0.119. The maximum atomic E-state index is 12.1. The van der Waals surface area contributed by atoms with Crippen LogP contribution in [0.4, 0.5) is 17.1 Å². The van der Waals surface area contributed by atoms with Crippen LogP contribution in [0.1, 0.15) is 19.3 Å². The largest absolute Gasteiger partial charge is 0.494 e. The third kappa shape index (κ3) is 3.59. The number of nitrogens with zero attached hydrogens (tertiary/aromatic N) is 5. The number of methoxy groups -OCH3 is 1. The fraction of sp³-hybridized carbons (Fsp3) is 0.357. The molecule has 196 valence electrons. The number of rotatable bonds is 9. The Morgan fingerprint density at radius 2 is 2.05 bits per heavy atom. The second kappa shape index (κ2) is 8.98. The molecular formula is C28H31N7O3. The van der Waals surface area contributed by atoms with Crippen LogP contribution in [-0.2, 0) is 5.54 Å². The number of anilines is 2. The Bertz CT molecular complexity index is 1550. The number of benzene rings is 2. The quantitative estimate of drug-likeness (QED) is 0.191. The molecular weight excluding hydrogens is 482 g/mol. The SMILES string of the molecule is CNCCN(C)c1c([N+](=O)[O-])cc(N)c(OC)c1-c1nccc(-c2cn(C34CC(C3)C4)c3ccccc23)n1. The van der Waals surface area contributed by atoms with Crippen molar-refractivity contribution in [3.05, 3.63) is 58.9 Å². The fourth-order valence-electron chi connectivity index (χ4n) is 6.14. The Labute approximate surface area is 220 Å². The number of hydrogen-bond donors (Lipinski definition) is 2. The Morgan fingerprint density at radius 1 is 1.29 bits per heavy atom. The fourth-order valence-corrected chi connectivity index (χ4v) is 6.14. The number of likely N-dealkylation sites (N-methyl/N-ethyl adjacent to an activating group) is 2. The molecule has 0 amide bonds. The first-order valence-electron chi connectivity index (χ1n) is 12.8. The minimum Gasteiger partial charge on any atom is -0.494 e. The molecule has 7 rings (SSSR count). The van der Waals surface area contributed by atoms with E-state index in [1.807, 2.05) is 24.1 Å². The number of nitro groups is 1. The number of aromatic nitrogens is 3. The molecule has 2 bridgehead atoms. The van der Waals surface area contributed by atoms with Crippen LogP contribution >= 0.6 is 0 Å². The number of para-hydroxylation sites is 1. The molecule has 4 aromatic rings. The summed E-state index contributed by atoms with van der Waals surface area (Å²) in [6.07, 6.45) is 7.59. The number of nitrogens with two attached hydrogens (primary N) is 1. The molecule has 2 heterocycles. The van der Waals surface area contributed by atoms with Crippen molar-refractivity contribution in [2.75, 3.05) is 44.9 Å². The predicted molar refractivity (Wildman–Crippen MR) is 149 cm³/mol. The average Bonchev–Trinajstić information content (AvgIpc) is 3.24. The second-order valence-electron chi connectivity index (χ2n) is 10.4. The van der Waals surface area contributed by atoms with Gasteiger partial charge in [0.05, 0.1) is 29.0 Å². The molecule has 0 atom stereocenters. The van der Waals surface area contributed by atoms with Gasteiger partial charge in [-0.2, -0.15) is 0 Å². The van der Waals surface area contributed by atoms with E-state index >= 15 is 0 Å². The van der Waals surface area contributed by atoms with Crippen molar-refractivity contribution in [2.24, 2.45) is 5.92 Å². The molecule has 38 heavy (non-hydrogen) atoms. The number of ether oxygens (including phenoxy) is 1. The van der Waals surface area contributed by atoms with Crippen LogP contribution in [-0.4, -0.2) is 53.8 Å². The molecule has 2 aromatic carbocycles. The smallest absolute Gasteiger partial charge is 0.295 e. The van der Waals surface area contributed by atoms with Crippen LogP contribution in [0, 0.1) is 16.0 Å². The second-order valence-corrected chi connectivity index (χ2v) is 10.4. The molecule has 3 aliphatic carbocycles. The van der Waals surface area contributed by atoms with Gasteiger partial charge in [0.1, 0.15) is 5.69 Å². The van der Waals surface area contributed by atoms with Crippen molar-refractivity contribution in [1.29, 1.82) is 0 Å². The van der Waals surface area contributed by atoms with Gasteiger partial charge in [0.15, 0.2) is 11.6 Å². The van der Waals surface area contributed by atoms with Crippen LogP contribution < -0.4 is 20.7 Å². The third-order valence-electron chi connectivity index (χ3n) is 8.12.